The van der Waals surface area contributed by atoms with Gasteiger partial charge in [-0.1, -0.05) is 6.07 Å². The van der Waals surface area contributed by atoms with Gasteiger partial charge in [0.05, 0.1) is 11.8 Å². The number of ether oxygens (including phenoxy) is 1. The summed E-state index contributed by atoms with van der Waals surface area (Å²) in [5, 5.41) is 12.2. The third-order valence-corrected chi connectivity index (χ3v) is 2.52. The van der Waals surface area contributed by atoms with E-state index >= 15 is 0 Å². The molecule has 1 amide bonds. The fourth-order valence-corrected chi connectivity index (χ4v) is 1.51. The number of carbonyl (C=O) groups is 1. The molecule has 2 N–H and O–H groups in total. The highest BCUT2D eigenvalue weighted by atomic mass is 19.1. The summed E-state index contributed by atoms with van der Waals surface area (Å²) in [6, 6.07) is 7.13. The van der Waals surface area contributed by atoms with E-state index in [0.29, 0.717) is 11.3 Å². The Balaban J connectivity index is 1.73. The Morgan fingerprint density at radius 1 is 1.45 bits per heavy atom. The number of hydrogen-bond acceptors (Lipinski definition) is 4. The monoisotopic (exact) mass is 279 g/mol. The third-order valence-electron chi connectivity index (χ3n) is 2.52. The van der Waals surface area contributed by atoms with E-state index in [0.717, 1.165) is 0 Å². The minimum absolute atomic E-state index is 0.0271. The predicted molar refractivity (Wildman–Crippen MR) is 68.9 cm³/mol. The molecule has 1 aromatic heterocycles. The van der Waals surface area contributed by atoms with Crippen LogP contribution in [0.25, 0.3) is 0 Å². The second kappa shape index (κ2) is 6.72. The van der Waals surface area contributed by atoms with Crippen molar-refractivity contribution in [1.82, 2.24) is 5.32 Å². The van der Waals surface area contributed by atoms with E-state index in [-0.39, 0.29) is 19.1 Å². The van der Waals surface area contributed by atoms with Crippen molar-refractivity contribution in [2.75, 3.05) is 13.2 Å². The molecule has 20 heavy (non-hydrogen) atoms. The van der Waals surface area contributed by atoms with Gasteiger partial charge < -0.3 is 19.6 Å². The molecule has 0 saturated heterocycles. The van der Waals surface area contributed by atoms with E-state index < -0.39 is 11.9 Å². The van der Waals surface area contributed by atoms with Gasteiger partial charge in [0.15, 0.2) is 0 Å². The number of aliphatic hydroxyl groups is 1. The third kappa shape index (κ3) is 4.10. The molecule has 1 aromatic carbocycles. The molecule has 2 aromatic rings. The van der Waals surface area contributed by atoms with Crippen molar-refractivity contribution in [2.24, 2.45) is 0 Å². The quantitative estimate of drug-likeness (QED) is 0.842. The average Bonchev–Trinajstić information content (AvgIpc) is 2.97. The zero-order valence-electron chi connectivity index (χ0n) is 10.6. The number of furan rings is 1. The lowest BCUT2D eigenvalue weighted by atomic mass is 10.3. The first kappa shape index (κ1) is 14.1. The summed E-state index contributed by atoms with van der Waals surface area (Å²) >= 11 is 0. The van der Waals surface area contributed by atoms with E-state index in [2.05, 4.69) is 5.32 Å². The molecular formula is C14H14FNO4. The van der Waals surface area contributed by atoms with Gasteiger partial charge >= 0.3 is 0 Å². The van der Waals surface area contributed by atoms with E-state index in [4.69, 9.17) is 9.15 Å². The molecule has 0 aliphatic carbocycles. The second-order valence-corrected chi connectivity index (χ2v) is 4.14. The molecule has 2 rings (SSSR count). The van der Waals surface area contributed by atoms with Crippen LogP contribution in [0.3, 0.4) is 0 Å². The number of halogens is 1. The molecule has 0 fully saturated rings. The van der Waals surface area contributed by atoms with Gasteiger partial charge in [-0.05, 0) is 18.2 Å². The minimum Gasteiger partial charge on any atom is -0.491 e. The number of carbonyl (C=O) groups excluding carboxylic acids is 1. The molecule has 0 radical (unpaired) electrons. The van der Waals surface area contributed by atoms with E-state index in [9.17, 15) is 14.3 Å². The highest BCUT2D eigenvalue weighted by Gasteiger charge is 2.10. The van der Waals surface area contributed by atoms with Crippen molar-refractivity contribution < 1.29 is 23.4 Å². The normalized spacial score (nSPS) is 11.9. The summed E-state index contributed by atoms with van der Waals surface area (Å²) in [6.07, 6.45) is 1.80. The highest BCUT2D eigenvalue weighted by molar-refractivity contribution is 5.93. The lowest BCUT2D eigenvalue weighted by molar-refractivity contribution is 0.0843. The average molecular weight is 279 g/mol. The van der Waals surface area contributed by atoms with Crippen LogP contribution in [0.5, 0.6) is 5.75 Å². The van der Waals surface area contributed by atoms with Crippen molar-refractivity contribution in [2.45, 2.75) is 6.10 Å². The number of benzene rings is 1. The summed E-state index contributed by atoms with van der Waals surface area (Å²) in [6.45, 7) is -0.0194. The zero-order chi connectivity index (χ0) is 14.4. The molecule has 0 unspecified atom stereocenters. The maximum atomic E-state index is 12.9. The highest BCUT2D eigenvalue weighted by Crippen LogP contribution is 2.11. The predicted octanol–water partition coefficient (Wildman–Crippen LogP) is 1.59. The van der Waals surface area contributed by atoms with Gasteiger partial charge in [-0.15, -0.1) is 0 Å². The molecule has 0 aliphatic heterocycles. The summed E-state index contributed by atoms with van der Waals surface area (Å²) < 4.78 is 22.9. The van der Waals surface area contributed by atoms with Crippen LogP contribution in [0, 0.1) is 5.82 Å². The van der Waals surface area contributed by atoms with Gasteiger partial charge in [-0.3, -0.25) is 4.79 Å². The Morgan fingerprint density at radius 3 is 3.00 bits per heavy atom. The Labute approximate surface area is 115 Å². The summed E-state index contributed by atoms with van der Waals surface area (Å²) in [7, 11) is 0. The van der Waals surface area contributed by atoms with Crippen molar-refractivity contribution in [1.29, 1.82) is 0 Å². The molecule has 6 heteroatoms. The molecular weight excluding hydrogens is 265 g/mol. The maximum Gasteiger partial charge on any atom is 0.254 e. The lowest BCUT2D eigenvalue weighted by Crippen LogP contribution is -2.35. The first-order valence-corrected chi connectivity index (χ1v) is 6.02. The zero-order valence-corrected chi connectivity index (χ0v) is 10.6. The van der Waals surface area contributed by atoms with Crippen molar-refractivity contribution in [3.63, 3.8) is 0 Å². The standard InChI is InChI=1S/C14H14FNO4/c15-11-2-1-3-13(6-11)20-9-12(17)7-16-14(18)10-4-5-19-8-10/h1-6,8,12,17H,7,9H2,(H,16,18)/t12-/m0/s1. The van der Waals surface area contributed by atoms with Crippen LogP contribution in [-0.2, 0) is 0 Å². The Kier molecular flexibility index (Phi) is 4.73. The van der Waals surface area contributed by atoms with Crippen LogP contribution in [0.1, 0.15) is 10.4 Å². The van der Waals surface area contributed by atoms with Crippen LogP contribution in [0.4, 0.5) is 4.39 Å². The SMILES string of the molecule is O=C(NC[C@H](O)COc1cccc(F)c1)c1ccoc1. The number of nitrogens with one attached hydrogen (secondary N) is 1. The molecule has 0 spiro atoms. The smallest absolute Gasteiger partial charge is 0.254 e. The maximum absolute atomic E-state index is 12.9. The Bertz CT molecular complexity index is 556. The first-order valence-electron chi connectivity index (χ1n) is 6.02. The summed E-state index contributed by atoms with van der Waals surface area (Å²) in [5.74, 6) is -0.431. The Hall–Kier alpha value is -2.34. The largest absolute Gasteiger partial charge is 0.491 e. The second-order valence-electron chi connectivity index (χ2n) is 4.14. The number of aliphatic hydroxyl groups excluding tert-OH is 1. The van der Waals surface area contributed by atoms with Crippen LogP contribution >= 0.6 is 0 Å². The van der Waals surface area contributed by atoms with Crippen LogP contribution in [0.15, 0.2) is 47.3 Å². The molecule has 0 bridgehead atoms. The molecule has 5 nitrogen and oxygen atoms in total. The lowest BCUT2D eigenvalue weighted by Gasteiger charge is -2.13. The molecule has 0 saturated carbocycles. The molecule has 1 atom stereocenters. The van der Waals surface area contributed by atoms with Crippen LogP contribution < -0.4 is 10.1 Å². The topological polar surface area (TPSA) is 71.7 Å². The van der Waals surface area contributed by atoms with Crippen molar-refractivity contribution >= 4 is 5.91 Å². The fourth-order valence-electron chi connectivity index (χ4n) is 1.51. The fraction of sp³-hybridized carbons (Fsp3) is 0.214. The van der Waals surface area contributed by atoms with Gasteiger partial charge in [0, 0.05) is 12.6 Å². The van der Waals surface area contributed by atoms with Gasteiger partial charge in [-0.2, -0.15) is 0 Å². The minimum atomic E-state index is -0.894. The number of hydrogen-bond donors (Lipinski definition) is 2. The number of amides is 1. The van der Waals surface area contributed by atoms with Gasteiger partial charge in [-0.25, -0.2) is 4.39 Å². The van der Waals surface area contributed by atoms with Gasteiger partial charge in [0.1, 0.15) is 30.5 Å². The molecule has 1 heterocycles. The van der Waals surface area contributed by atoms with E-state index in [1.807, 2.05) is 0 Å². The summed E-state index contributed by atoms with van der Waals surface area (Å²) in [4.78, 5) is 11.6. The number of rotatable bonds is 6. The van der Waals surface area contributed by atoms with Crippen LogP contribution in [-0.4, -0.2) is 30.3 Å². The molecule has 106 valence electrons. The Morgan fingerprint density at radius 2 is 2.30 bits per heavy atom. The van der Waals surface area contributed by atoms with Gasteiger partial charge in [0.25, 0.3) is 5.91 Å². The van der Waals surface area contributed by atoms with Crippen molar-refractivity contribution in [3.05, 3.63) is 54.2 Å². The first-order chi connectivity index (χ1) is 9.65. The van der Waals surface area contributed by atoms with E-state index in [1.54, 1.807) is 6.07 Å². The van der Waals surface area contributed by atoms with Gasteiger partial charge in [0.2, 0.25) is 0 Å². The van der Waals surface area contributed by atoms with Crippen molar-refractivity contribution in [3.8, 4) is 5.75 Å². The summed E-state index contributed by atoms with van der Waals surface area (Å²) in [5.41, 5.74) is 0.378. The molecule has 0 aliphatic rings. The van der Waals surface area contributed by atoms with E-state index in [1.165, 1.54) is 36.8 Å². The van der Waals surface area contributed by atoms with Crippen LogP contribution in [0.2, 0.25) is 0 Å².